The molecular formula is C15H14ClN5. The van der Waals surface area contributed by atoms with Crippen LogP contribution in [-0.4, -0.2) is 22.0 Å². The third-order valence-corrected chi connectivity index (χ3v) is 3.49. The Labute approximate surface area is 127 Å². The lowest BCUT2D eigenvalue weighted by molar-refractivity contribution is 1.12. The summed E-state index contributed by atoms with van der Waals surface area (Å²) in [5, 5.41) is 7.82. The molecule has 1 aromatic carbocycles. The number of halogens is 1. The van der Waals surface area contributed by atoms with E-state index in [9.17, 15) is 0 Å². The first-order chi connectivity index (χ1) is 10.2. The normalized spacial score (nSPS) is 10.6. The van der Waals surface area contributed by atoms with Crippen LogP contribution in [0.15, 0.2) is 36.7 Å². The predicted molar refractivity (Wildman–Crippen MR) is 86.4 cm³/mol. The molecule has 0 bridgehead atoms. The van der Waals surface area contributed by atoms with Crippen LogP contribution in [0.5, 0.6) is 0 Å². The van der Waals surface area contributed by atoms with Crippen molar-refractivity contribution < 1.29 is 0 Å². The number of aryl methyl sites for hydroxylation is 1. The van der Waals surface area contributed by atoms with Gasteiger partial charge in [-0.25, -0.2) is 4.98 Å². The molecule has 0 aliphatic heterocycles. The first-order valence-electron chi connectivity index (χ1n) is 6.50. The number of rotatable bonds is 3. The van der Waals surface area contributed by atoms with E-state index < -0.39 is 0 Å². The van der Waals surface area contributed by atoms with E-state index in [1.165, 1.54) is 0 Å². The van der Waals surface area contributed by atoms with E-state index in [2.05, 4.69) is 25.6 Å². The topological polar surface area (TPSA) is 62.7 Å². The highest BCUT2D eigenvalue weighted by molar-refractivity contribution is 6.35. The van der Waals surface area contributed by atoms with Crippen LogP contribution in [0.1, 0.15) is 5.56 Å². The minimum atomic E-state index is 0.564. The van der Waals surface area contributed by atoms with Gasteiger partial charge in [0.15, 0.2) is 0 Å². The zero-order chi connectivity index (χ0) is 14.8. The molecule has 0 fully saturated rings. The molecule has 6 heteroatoms. The second kappa shape index (κ2) is 5.54. The number of aromatic nitrogens is 3. The van der Waals surface area contributed by atoms with Crippen LogP contribution in [0, 0.1) is 6.92 Å². The van der Waals surface area contributed by atoms with Crippen molar-refractivity contribution in [2.75, 3.05) is 17.7 Å². The molecule has 0 atom stereocenters. The lowest BCUT2D eigenvalue weighted by Crippen LogP contribution is -2.03. The Balaban J connectivity index is 2.08. The molecule has 0 amide bonds. The van der Waals surface area contributed by atoms with Gasteiger partial charge in [-0.1, -0.05) is 11.6 Å². The van der Waals surface area contributed by atoms with Crippen molar-refractivity contribution in [3.05, 3.63) is 47.2 Å². The fourth-order valence-electron chi connectivity index (χ4n) is 2.06. The Morgan fingerprint density at radius 2 is 2.00 bits per heavy atom. The zero-order valence-electron chi connectivity index (χ0n) is 11.7. The zero-order valence-corrected chi connectivity index (χ0v) is 12.4. The third-order valence-electron chi connectivity index (χ3n) is 3.16. The Bertz CT molecular complexity index is 803. The number of benzene rings is 1. The van der Waals surface area contributed by atoms with E-state index in [1.807, 2.05) is 31.2 Å². The number of hydrogen-bond donors (Lipinski definition) is 2. The van der Waals surface area contributed by atoms with Crippen LogP contribution in [0.4, 0.5) is 17.5 Å². The standard InChI is InChI=1S/C15H14ClN5/c1-9-8-19-15(17-2)21-14(9)20-12-6-5-11(16)10-4-3-7-18-13(10)12/h3-8H,1-2H3,(H2,17,19,20,21). The summed E-state index contributed by atoms with van der Waals surface area (Å²) in [6.45, 7) is 1.95. The van der Waals surface area contributed by atoms with E-state index in [1.54, 1.807) is 19.4 Å². The maximum Gasteiger partial charge on any atom is 0.224 e. The number of anilines is 3. The molecule has 0 unspecified atom stereocenters. The highest BCUT2D eigenvalue weighted by Gasteiger charge is 2.09. The molecule has 0 saturated heterocycles. The molecule has 0 aliphatic carbocycles. The molecule has 2 heterocycles. The minimum absolute atomic E-state index is 0.564. The van der Waals surface area contributed by atoms with E-state index in [0.717, 1.165) is 28.0 Å². The lowest BCUT2D eigenvalue weighted by Gasteiger charge is -2.12. The SMILES string of the molecule is CNc1ncc(C)c(Nc2ccc(Cl)c3cccnc23)n1. The van der Waals surface area contributed by atoms with Gasteiger partial charge in [-0.05, 0) is 31.2 Å². The van der Waals surface area contributed by atoms with Gasteiger partial charge in [-0.15, -0.1) is 0 Å². The molecule has 0 aliphatic rings. The quantitative estimate of drug-likeness (QED) is 0.771. The molecule has 0 saturated carbocycles. The lowest BCUT2D eigenvalue weighted by atomic mass is 10.2. The molecule has 2 N–H and O–H groups in total. The Morgan fingerprint density at radius 1 is 1.14 bits per heavy atom. The van der Waals surface area contributed by atoms with Crippen LogP contribution >= 0.6 is 11.6 Å². The second-order valence-corrected chi connectivity index (χ2v) is 5.00. The maximum absolute atomic E-state index is 6.21. The average Bonchev–Trinajstić information content (AvgIpc) is 2.52. The Hall–Kier alpha value is -2.40. The highest BCUT2D eigenvalue weighted by atomic mass is 35.5. The molecule has 3 rings (SSSR count). The Kier molecular flexibility index (Phi) is 3.58. The van der Waals surface area contributed by atoms with Gasteiger partial charge in [0.1, 0.15) is 5.82 Å². The van der Waals surface area contributed by atoms with Gasteiger partial charge in [0.05, 0.1) is 16.2 Å². The van der Waals surface area contributed by atoms with Gasteiger partial charge in [0.2, 0.25) is 5.95 Å². The largest absolute Gasteiger partial charge is 0.357 e. The molecule has 2 aromatic heterocycles. The van der Waals surface area contributed by atoms with Crippen LogP contribution < -0.4 is 10.6 Å². The van der Waals surface area contributed by atoms with E-state index in [0.29, 0.717) is 11.0 Å². The van der Waals surface area contributed by atoms with E-state index in [4.69, 9.17) is 11.6 Å². The maximum atomic E-state index is 6.21. The summed E-state index contributed by atoms with van der Waals surface area (Å²) in [4.78, 5) is 13.0. The molecule has 0 radical (unpaired) electrons. The van der Waals surface area contributed by atoms with Gasteiger partial charge in [0, 0.05) is 30.4 Å². The first-order valence-corrected chi connectivity index (χ1v) is 6.88. The average molecular weight is 300 g/mol. The van der Waals surface area contributed by atoms with Crippen LogP contribution in [0.2, 0.25) is 5.02 Å². The summed E-state index contributed by atoms with van der Waals surface area (Å²) in [6, 6.07) is 7.57. The number of pyridine rings is 1. The monoisotopic (exact) mass is 299 g/mol. The molecule has 5 nitrogen and oxygen atoms in total. The van der Waals surface area contributed by atoms with Gasteiger partial charge in [-0.2, -0.15) is 4.98 Å². The first kappa shape index (κ1) is 13.6. The number of hydrogen-bond acceptors (Lipinski definition) is 5. The summed E-state index contributed by atoms with van der Waals surface area (Å²) < 4.78 is 0. The van der Waals surface area contributed by atoms with E-state index >= 15 is 0 Å². The number of nitrogens with zero attached hydrogens (tertiary/aromatic N) is 3. The van der Waals surface area contributed by atoms with Crippen LogP contribution in [-0.2, 0) is 0 Å². The molecule has 0 spiro atoms. The smallest absolute Gasteiger partial charge is 0.224 e. The van der Waals surface area contributed by atoms with Crippen molar-refractivity contribution in [3.63, 3.8) is 0 Å². The summed E-state index contributed by atoms with van der Waals surface area (Å²) >= 11 is 6.21. The number of fused-ring (bicyclic) bond motifs is 1. The van der Waals surface area contributed by atoms with Gasteiger partial charge in [0.25, 0.3) is 0 Å². The van der Waals surface area contributed by atoms with Crippen molar-refractivity contribution in [1.29, 1.82) is 0 Å². The van der Waals surface area contributed by atoms with Crippen LogP contribution in [0.25, 0.3) is 10.9 Å². The van der Waals surface area contributed by atoms with Crippen molar-refractivity contribution in [3.8, 4) is 0 Å². The van der Waals surface area contributed by atoms with Crippen molar-refractivity contribution in [1.82, 2.24) is 15.0 Å². The van der Waals surface area contributed by atoms with Crippen LogP contribution in [0.3, 0.4) is 0 Å². The predicted octanol–water partition coefficient (Wildman–Crippen LogP) is 3.77. The fraction of sp³-hybridized carbons (Fsp3) is 0.133. The third kappa shape index (κ3) is 2.60. The molecule has 21 heavy (non-hydrogen) atoms. The second-order valence-electron chi connectivity index (χ2n) is 4.59. The molecular weight excluding hydrogens is 286 g/mol. The van der Waals surface area contributed by atoms with E-state index in [-0.39, 0.29) is 0 Å². The molecule has 106 valence electrons. The fourth-order valence-corrected chi connectivity index (χ4v) is 2.27. The summed E-state index contributed by atoms with van der Waals surface area (Å²) in [5.41, 5.74) is 2.63. The summed E-state index contributed by atoms with van der Waals surface area (Å²) in [7, 11) is 1.79. The van der Waals surface area contributed by atoms with Gasteiger partial charge in [-0.3, -0.25) is 4.98 Å². The summed E-state index contributed by atoms with van der Waals surface area (Å²) in [5.74, 6) is 1.30. The highest BCUT2D eigenvalue weighted by Crippen LogP contribution is 2.30. The van der Waals surface area contributed by atoms with Crippen molar-refractivity contribution >= 4 is 40.0 Å². The minimum Gasteiger partial charge on any atom is -0.357 e. The number of nitrogens with one attached hydrogen (secondary N) is 2. The Morgan fingerprint density at radius 3 is 2.81 bits per heavy atom. The van der Waals surface area contributed by atoms with Gasteiger partial charge >= 0.3 is 0 Å². The van der Waals surface area contributed by atoms with Crippen molar-refractivity contribution in [2.24, 2.45) is 0 Å². The molecule has 3 aromatic rings. The van der Waals surface area contributed by atoms with Crippen molar-refractivity contribution in [2.45, 2.75) is 6.92 Å². The van der Waals surface area contributed by atoms with Gasteiger partial charge < -0.3 is 10.6 Å². The summed E-state index contributed by atoms with van der Waals surface area (Å²) in [6.07, 6.45) is 3.52.